The number of Topliss-reactive ketones (excluding diaryl/α,β-unsaturated/α-hetero) is 1. The van der Waals surface area contributed by atoms with E-state index in [4.69, 9.17) is 5.11 Å². The Balaban J connectivity index is 2.66. The Morgan fingerprint density at radius 3 is 2.25 bits per heavy atom. The Bertz CT molecular complexity index is 126. The lowest BCUT2D eigenvalue weighted by atomic mass is 9.68. The summed E-state index contributed by atoms with van der Waals surface area (Å²) in [6.45, 7) is 3.53. The largest absolute Gasteiger partial charge is 0.392 e. The standard InChI is InChI=1S/C6H10O2/c1-6(2)4(7)3-5(6)8/h4,7H,3H2,1-2H3/t4-/m1/s1. The molecule has 0 heterocycles. The second-order valence-corrected chi connectivity index (χ2v) is 2.86. The van der Waals surface area contributed by atoms with Crippen LogP contribution in [0.1, 0.15) is 20.3 Å². The Morgan fingerprint density at radius 1 is 1.75 bits per heavy atom. The van der Waals surface area contributed by atoms with Crippen molar-refractivity contribution in [2.75, 3.05) is 0 Å². The minimum Gasteiger partial charge on any atom is -0.392 e. The number of aliphatic hydroxyl groups excluding tert-OH is 1. The molecule has 1 aliphatic carbocycles. The number of hydrogen-bond donors (Lipinski definition) is 1. The quantitative estimate of drug-likeness (QED) is 0.493. The first-order valence-electron chi connectivity index (χ1n) is 2.76. The SMILES string of the molecule is CC1(C)C(=O)C[C@H]1O. The van der Waals surface area contributed by atoms with Gasteiger partial charge in [0, 0.05) is 11.8 Å². The van der Waals surface area contributed by atoms with Gasteiger partial charge in [-0.15, -0.1) is 0 Å². The van der Waals surface area contributed by atoms with Gasteiger partial charge in [-0.1, -0.05) is 13.8 Å². The molecular formula is C6H10O2. The van der Waals surface area contributed by atoms with E-state index in [2.05, 4.69) is 0 Å². The van der Waals surface area contributed by atoms with Crippen molar-refractivity contribution in [1.82, 2.24) is 0 Å². The zero-order chi connectivity index (χ0) is 6.36. The summed E-state index contributed by atoms with van der Waals surface area (Å²) in [5, 5.41) is 8.93. The lowest BCUT2D eigenvalue weighted by Gasteiger charge is -2.38. The maximum Gasteiger partial charge on any atom is 0.143 e. The second kappa shape index (κ2) is 1.32. The molecule has 2 heteroatoms. The van der Waals surface area contributed by atoms with Crippen LogP contribution in [0.3, 0.4) is 0 Å². The molecule has 2 nitrogen and oxygen atoms in total. The van der Waals surface area contributed by atoms with E-state index in [1.807, 2.05) is 0 Å². The van der Waals surface area contributed by atoms with Gasteiger partial charge in [-0.25, -0.2) is 0 Å². The van der Waals surface area contributed by atoms with Crippen molar-refractivity contribution in [3.05, 3.63) is 0 Å². The molecule has 46 valence electrons. The molecule has 1 aliphatic rings. The van der Waals surface area contributed by atoms with E-state index in [1.54, 1.807) is 13.8 Å². The van der Waals surface area contributed by atoms with Crippen molar-refractivity contribution in [2.45, 2.75) is 26.4 Å². The summed E-state index contributed by atoms with van der Waals surface area (Å²) in [5.41, 5.74) is -0.444. The fourth-order valence-corrected chi connectivity index (χ4v) is 0.749. The zero-order valence-corrected chi connectivity index (χ0v) is 5.14. The zero-order valence-electron chi connectivity index (χ0n) is 5.14. The molecule has 0 aromatic rings. The van der Waals surface area contributed by atoms with E-state index < -0.39 is 11.5 Å². The van der Waals surface area contributed by atoms with Gasteiger partial charge < -0.3 is 5.11 Å². The van der Waals surface area contributed by atoms with Gasteiger partial charge in [0.2, 0.25) is 0 Å². The van der Waals surface area contributed by atoms with Gasteiger partial charge >= 0.3 is 0 Å². The molecule has 0 aromatic carbocycles. The van der Waals surface area contributed by atoms with Gasteiger partial charge in [0.15, 0.2) is 0 Å². The van der Waals surface area contributed by atoms with Gasteiger partial charge in [0.1, 0.15) is 5.78 Å². The Morgan fingerprint density at radius 2 is 2.25 bits per heavy atom. The van der Waals surface area contributed by atoms with Crippen molar-refractivity contribution in [2.24, 2.45) is 5.41 Å². The molecule has 0 saturated heterocycles. The van der Waals surface area contributed by atoms with Gasteiger partial charge in [0.25, 0.3) is 0 Å². The maximum absolute atomic E-state index is 10.6. The number of rotatable bonds is 0. The maximum atomic E-state index is 10.6. The normalized spacial score (nSPS) is 34.4. The monoisotopic (exact) mass is 114 g/mol. The molecule has 0 aliphatic heterocycles. The lowest BCUT2D eigenvalue weighted by molar-refractivity contribution is -0.150. The van der Waals surface area contributed by atoms with Crippen LogP contribution in [0.5, 0.6) is 0 Å². The third-order valence-corrected chi connectivity index (χ3v) is 1.93. The van der Waals surface area contributed by atoms with Crippen LogP contribution >= 0.6 is 0 Å². The van der Waals surface area contributed by atoms with Crippen molar-refractivity contribution in [3.63, 3.8) is 0 Å². The molecule has 0 unspecified atom stereocenters. The molecule has 0 bridgehead atoms. The molecule has 0 amide bonds. The second-order valence-electron chi connectivity index (χ2n) is 2.86. The number of hydrogen-bond acceptors (Lipinski definition) is 2. The van der Waals surface area contributed by atoms with Crippen molar-refractivity contribution >= 4 is 5.78 Å². The highest BCUT2D eigenvalue weighted by Crippen LogP contribution is 2.35. The van der Waals surface area contributed by atoms with Gasteiger partial charge in [-0.05, 0) is 0 Å². The molecule has 1 N–H and O–H groups in total. The predicted molar refractivity (Wildman–Crippen MR) is 29.4 cm³/mol. The average Bonchev–Trinajstić information content (AvgIpc) is 1.68. The van der Waals surface area contributed by atoms with E-state index in [0.29, 0.717) is 6.42 Å². The smallest absolute Gasteiger partial charge is 0.143 e. The van der Waals surface area contributed by atoms with Crippen LogP contribution in [-0.2, 0) is 4.79 Å². The van der Waals surface area contributed by atoms with Crippen LogP contribution in [-0.4, -0.2) is 17.0 Å². The summed E-state index contributed by atoms with van der Waals surface area (Å²) < 4.78 is 0. The van der Waals surface area contributed by atoms with E-state index in [-0.39, 0.29) is 5.78 Å². The molecule has 0 spiro atoms. The van der Waals surface area contributed by atoms with E-state index in [1.165, 1.54) is 0 Å². The molecular weight excluding hydrogens is 104 g/mol. The molecule has 0 radical (unpaired) electrons. The van der Waals surface area contributed by atoms with Crippen molar-refractivity contribution in [1.29, 1.82) is 0 Å². The highest BCUT2D eigenvalue weighted by Gasteiger charge is 2.45. The first kappa shape index (κ1) is 5.76. The van der Waals surface area contributed by atoms with Gasteiger partial charge in [0.05, 0.1) is 6.10 Å². The molecule has 1 saturated carbocycles. The predicted octanol–water partition coefficient (Wildman–Crippen LogP) is 0.346. The summed E-state index contributed by atoms with van der Waals surface area (Å²) >= 11 is 0. The molecule has 0 aromatic heterocycles. The summed E-state index contributed by atoms with van der Waals surface area (Å²) in [7, 11) is 0. The summed E-state index contributed by atoms with van der Waals surface area (Å²) in [5.74, 6) is 0.171. The fraction of sp³-hybridized carbons (Fsp3) is 0.833. The minimum absolute atomic E-state index is 0.171. The molecule has 1 fully saturated rings. The summed E-state index contributed by atoms with van der Waals surface area (Å²) in [6.07, 6.45) is -0.0394. The highest BCUT2D eigenvalue weighted by atomic mass is 16.3. The summed E-state index contributed by atoms with van der Waals surface area (Å²) in [4.78, 5) is 10.6. The number of carbonyl (C=O) groups is 1. The topological polar surface area (TPSA) is 37.3 Å². The Kier molecular flexibility index (Phi) is 0.949. The van der Waals surface area contributed by atoms with Gasteiger partial charge in [-0.3, -0.25) is 4.79 Å². The van der Waals surface area contributed by atoms with Crippen LogP contribution in [0.4, 0.5) is 0 Å². The minimum atomic E-state index is -0.444. The Hall–Kier alpha value is -0.370. The van der Waals surface area contributed by atoms with Crippen LogP contribution in [0.25, 0.3) is 0 Å². The van der Waals surface area contributed by atoms with Crippen LogP contribution < -0.4 is 0 Å². The van der Waals surface area contributed by atoms with E-state index >= 15 is 0 Å². The number of carbonyl (C=O) groups excluding carboxylic acids is 1. The van der Waals surface area contributed by atoms with Crippen LogP contribution in [0.2, 0.25) is 0 Å². The first-order valence-corrected chi connectivity index (χ1v) is 2.76. The fourth-order valence-electron chi connectivity index (χ4n) is 0.749. The number of ketones is 1. The first-order chi connectivity index (χ1) is 3.55. The van der Waals surface area contributed by atoms with Crippen LogP contribution in [0, 0.1) is 5.41 Å². The summed E-state index contributed by atoms with van der Waals surface area (Å²) in [6, 6.07) is 0. The molecule has 1 rings (SSSR count). The van der Waals surface area contributed by atoms with E-state index in [9.17, 15) is 4.79 Å². The third-order valence-electron chi connectivity index (χ3n) is 1.93. The van der Waals surface area contributed by atoms with E-state index in [0.717, 1.165) is 0 Å². The third kappa shape index (κ3) is 0.494. The average molecular weight is 114 g/mol. The number of aliphatic hydroxyl groups is 1. The van der Waals surface area contributed by atoms with Crippen molar-refractivity contribution < 1.29 is 9.90 Å². The Labute approximate surface area is 48.5 Å². The molecule has 8 heavy (non-hydrogen) atoms. The van der Waals surface area contributed by atoms with Gasteiger partial charge in [-0.2, -0.15) is 0 Å². The lowest BCUT2D eigenvalue weighted by Crippen LogP contribution is -2.49. The van der Waals surface area contributed by atoms with Crippen LogP contribution in [0.15, 0.2) is 0 Å². The highest BCUT2D eigenvalue weighted by molar-refractivity contribution is 5.91. The van der Waals surface area contributed by atoms with Crippen molar-refractivity contribution in [3.8, 4) is 0 Å². The molecule has 1 atom stereocenters.